The predicted molar refractivity (Wildman–Crippen MR) is 111 cm³/mol. The van der Waals surface area contributed by atoms with Crippen LogP contribution in [-0.4, -0.2) is 31.2 Å². The van der Waals surface area contributed by atoms with Crippen molar-refractivity contribution in [2.75, 3.05) is 19.5 Å². The van der Waals surface area contributed by atoms with E-state index in [2.05, 4.69) is 24.1 Å². The molecule has 0 radical (unpaired) electrons. The number of nitrogens with zero attached hydrogens (tertiary/aromatic N) is 1. The summed E-state index contributed by atoms with van der Waals surface area (Å²) in [6, 6.07) is 5.45. The summed E-state index contributed by atoms with van der Waals surface area (Å²) < 4.78 is 16.5. The largest absolute Gasteiger partial charge is 0.493 e. The van der Waals surface area contributed by atoms with Crippen LogP contribution in [0.3, 0.4) is 0 Å². The number of anilines is 1. The molecule has 2 aromatic rings. The number of aromatic nitrogens is 1. The van der Waals surface area contributed by atoms with Crippen LogP contribution >= 0.6 is 11.6 Å². The van der Waals surface area contributed by atoms with E-state index in [-0.39, 0.29) is 17.5 Å². The Morgan fingerprint density at radius 1 is 1.18 bits per heavy atom. The van der Waals surface area contributed by atoms with Crippen molar-refractivity contribution in [3.63, 3.8) is 0 Å². The first kappa shape index (κ1) is 21.8. The molecule has 0 fully saturated rings. The van der Waals surface area contributed by atoms with E-state index in [1.807, 2.05) is 19.9 Å². The van der Waals surface area contributed by atoms with E-state index in [4.69, 9.17) is 25.8 Å². The maximum Gasteiger partial charge on any atom is 0.345 e. The lowest BCUT2D eigenvalue weighted by Gasteiger charge is -2.21. The summed E-state index contributed by atoms with van der Waals surface area (Å²) in [7, 11) is 2.87. The molecule has 0 atom stereocenters. The van der Waals surface area contributed by atoms with E-state index < -0.39 is 5.97 Å². The molecule has 0 unspecified atom stereocenters. The summed E-state index contributed by atoms with van der Waals surface area (Å²) in [4.78, 5) is 17.0. The minimum Gasteiger partial charge on any atom is -0.493 e. The Morgan fingerprint density at radius 3 is 2.43 bits per heavy atom. The van der Waals surface area contributed by atoms with E-state index in [1.165, 1.54) is 14.2 Å². The monoisotopic (exact) mass is 406 g/mol. The first-order valence-corrected chi connectivity index (χ1v) is 9.60. The number of carbonyl (C=O) groups excluding carboxylic acids is 1. The van der Waals surface area contributed by atoms with E-state index in [0.717, 1.165) is 18.4 Å². The average Bonchev–Trinajstić information content (AvgIpc) is 2.66. The van der Waals surface area contributed by atoms with Gasteiger partial charge in [0, 0.05) is 22.8 Å². The normalized spacial score (nSPS) is 10.7. The molecule has 1 aromatic heterocycles. The molecule has 0 amide bonds. The number of pyridine rings is 1. The molecular formula is C21H27ClN2O4. The Kier molecular flexibility index (Phi) is 7.52. The smallest absolute Gasteiger partial charge is 0.345 e. The van der Waals surface area contributed by atoms with Crippen LogP contribution in [0.2, 0.25) is 5.02 Å². The number of benzene rings is 1. The van der Waals surface area contributed by atoms with Crippen LogP contribution in [0.15, 0.2) is 18.2 Å². The number of ether oxygens (including phenoxy) is 3. The van der Waals surface area contributed by atoms with Gasteiger partial charge in [-0.25, -0.2) is 9.78 Å². The van der Waals surface area contributed by atoms with Crippen LogP contribution in [0.25, 0.3) is 0 Å². The van der Waals surface area contributed by atoms with Crippen LogP contribution in [0.1, 0.15) is 48.3 Å². The molecule has 0 saturated heterocycles. The average molecular weight is 407 g/mol. The summed E-state index contributed by atoms with van der Waals surface area (Å²) >= 11 is 6.11. The molecule has 0 spiro atoms. The van der Waals surface area contributed by atoms with E-state index in [9.17, 15) is 4.79 Å². The molecule has 0 saturated carbocycles. The van der Waals surface area contributed by atoms with E-state index in [1.54, 1.807) is 12.1 Å². The zero-order valence-corrected chi connectivity index (χ0v) is 17.9. The van der Waals surface area contributed by atoms with E-state index in [0.29, 0.717) is 27.9 Å². The van der Waals surface area contributed by atoms with Gasteiger partial charge in [0.15, 0.2) is 11.5 Å². The third-order valence-corrected chi connectivity index (χ3v) is 4.69. The van der Waals surface area contributed by atoms with Gasteiger partial charge in [-0.05, 0) is 44.4 Å². The van der Waals surface area contributed by atoms with Crippen molar-refractivity contribution in [1.82, 2.24) is 4.98 Å². The van der Waals surface area contributed by atoms with Crippen molar-refractivity contribution in [2.24, 2.45) is 0 Å². The number of halogens is 1. The molecule has 1 aromatic carbocycles. The summed E-state index contributed by atoms with van der Waals surface area (Å²) in [5.41, 5.74) is 2.35. The molecule has 28 heavy (non-hydrogen) atoms. The number of nitrogens with one attached hydrogen (secondary N) is 1. The molecular weight excluding hydrogens is 380 g/mol. The van der Waals surface area contributed by atoms with Crippen LogP contribution in [0, 0.1) is 13.8 Å². The molecule has 1 N–H and O–H groups in total. The number of rotatable bonds is 8. The van der Waals surface area contributed by atoms with Crippen molar-refractivity contribution in [2.45, 2.75) is 46.6 Å². The Balaban J connectivity index is 2.61. The van der Waals surface area contributed by atoms with Gasteiger partial charge in [-0.1, -0.05) is 25.4 Å². The summed E-state index contributed by atoms with van der Waals surface area (Å²) in [6.07, 6.45) is 1.83. The van der Waals surface area contributed by atoms with Crippen LogP contribution in [0.4, 0.5) is 5.69 Å². The fourth-order valence-corrected chi connectivity index (χ4v) is 3.19. The minimum atomic E-state index is -0.526. The van der Waals surface area contributed by atoms with Gasteiger partial charge in [0.1, 0.15) is 5.56 Å². The first-order chi connectivity index (χ1) is 13.3. The predicted octanol–water partition coefficient (Wildman–Crippen LogP) is 5.54. The molecule has 0 bridgehead atoms. The third kappa shape index (κ3) is 4.87. The van der Waals surface area contributed by atoms with Gasteiger partial charge in [0.2, 0.25) is 5.88 Å². The Bertz CT molecular complexity index is 851. The van der Waals surface area contributed by atoms with Gasteiger partial charge < -0.3 is 19.5 Å². The maximum atomic E-state index is 12.6. The third-order valence-electron chi connectivity index (χ3n) is 4.47. The van der Waals surface area contributed by atoms with Gasteiger partial charge in [-0.2, -0.15) is 0 Å². The highest BCUT2D eigenvalue weighted by Gasteiger charge is 2.24. The van der Waals surface area contributed by atoms with Gasteiger partial charge in [-0.3, -0.25) is 0 Å². The summed E-state index contributed by atoms with van der Waals surface area (Å²) in [5, 5.41) is 3.94. The highest BCUT2D eigenvalue weighted by molar-refractivity contribution is 6.30. The molecule has 7 heteroatoms. The van der Waals surface area contributed by atoms with Gasteiger partial charge in [-0.15, -0.1) is 0 Å². The van der Waals surface area contributed by atoms with Crippen LogP contribution in [-0.2, 0) is 4.74 Å². The lowest BCUT2D eigenvalue weighted by Crippen LogP contribution is -2.20. The molecule has 0 aliphatic carbocycles. The van der Waals surface area contributed by atoms with Crippen LogP contribution < -0.4 is 14.8 Å². The van der Waals surface area contributed by atoms with Gasteiger partial charge >= 0.3 is 5.97 Å². The maximum absolute atomic E-state index is 12.6. The highest BCUT2D eigenvalue weighted by Crippen LogP contribution is 2.39. The number of hydrogen-bond donors (Lipinski definition) is 1. The topological polar surface area (TPSA) is 69.7 Å². The molecule has 0 aliphatic heterocycles. The molecule has 1 heterocycles. The fraction of sp³-hybridized carbons (Fsp3) is 0.429. The second-order valence-corrected chi connectivity index (χ2v) is 6.93. The Morgan fingerprint density at radius 2 is 1.86 bits per heavy atom. The number of hydrogen-bond acceptors (Lipinski definition) is 6. The molecule has 2 rings (SSSR count). The number of carbonyl (C=O) groups is 1. The second-order valence-electron chi connectivity index (χ2n) is 6.50. The zero-order valence-electron chi connectivity index (χ0n) is 17.2. The van der Waals surface area contributed by atoms with Crippen molar-refractivity contribution in [1.29, 1.82) is 0 Å². The van der Waals surface area contributed by atoms with Crippen molar-refractivity contribution in [3.05, 3.63) is 40.0 Å². The number of esters is 1. The highest BCUT2D eigenvalue weighted by atomic mass is 35.5. The van der Waals surface area contributed by atoms with Crippen molar-refractivity contribution in [3.8, 4) is 17.4 Å². The van der Waals surface area contributed by atoms with Crippen molar-refractivity contribution >= 4 is 23.3 Å². The zero-order chi connectivity index (χ0) is 20.8. The Labute approximate surface area is 171 Å². The quantitative estimate of drug-likeness (QED) is 0.580. The SMILES string of the molecule is CCC(CC)Nc1cc(C)nc(Oc2c(C)cc(Cl)cc2OC)c1C(=O)OC. The standard InChI is InChI=1S/C21H27ClN2O4/c1-7-15(8-2)24-16-10-13(4)23-20(18(16)21(25)27-6)28-19-12(3)9-14(22)11-17(19)26-5/h9-11,15H,7-8H2,1-6H3,(H,23,24). The molecule has 0 aliphatic rings. The fourth-order valence-electron chi connectivity index (χ4n) is 2.92. The minimum absolute atomic E-state index is 0.157. The first-order valence-electron chi connectivity index (χ1n) is 9.22. The van der Waals surface area contributed by atoms with Gasteiger partial charge in [0.05, 0.1) is 19.9 Å². The lowest BCUT2D eigenvalue weighted by atomic mass is 10.1. The Hall–Kier alpha value is -2.47. The second kappa shape index (κ2) is 9.64. The number of methoxy groups -OCH3 is 2. The van der Waals surface area contributed by atoms with Gasteiger partial charge in [0.25, 0.3) is 0 Å². The van der Waals surface area contributed by atoms with E-state index >= 15 is 0 Å². The lowest BCUT2D eigenvalue weighted by molar-refractivity contribution is 0.0598. The van der Waals surface area contributed by atoms with Crippen molar-refractivity contribution < 1.29 is 19.0 Å². The molecule has 6 nitrogen and oxygen atoms in total. The summed E-state index contributed by atoms with van der Waals surface area (Å²) in [5.74, 6) is 0.535. The summed E-state index contributed by atoms with van der Waals surface area (Å²) in [6.45, 7) is 7.87. The van der Waals surface area contributed by atoms with Crippen LogP contribution in [0.5, 0.6) is 17.4 Å². The number of aryl methyl sites for hydroxylation is 2. The molecule has 152 valence electrons.